The van der Waals surface area contributed by atoms with Crippen molar-refractivity contribution in [1.82, 2.24) is 14.8 Å². The van der Waals surface area contributed by atoms with Gasteiger partial charge in [-0.25, -0.2) is 0 Å². The Kier molecular flexibility index (Phi) is 9.28. The van der Waals surface area contributed by atoms with Crippen LogP contribution in [0.2, 0.25) is 0 Å². The van der Waals surface area contributed by atoms with E-state index in [9.17, 15) is 9.59 Å². The molecule has 2 heterocycles. The summed E-state index contributed by atoms with van der Waals surface area (Å²) in [4.78, 5) is 34.7. The molecule has 6 nitrogen and oxygen atoms in total. The Morgan fingerprint density at radius 1 is 1.12 bits per heavy atom. The van der Waals surface area contributed by atoms with E-state index in [2.05, 4.69) is 18.8 Å². The van der Waals surface area contributed by atoms with Crippen LogP contribution in [0.3, 0.4) is 0 Å². The largest absolute Gasteiger partial charge is 0.491 e. The van der Waals surface area contributed by atoms with Crippen LogP contribution in [0.25, 0.3) is 0 Å². The molecule has 0 spiro atoms. The Bertz CT molecular complexity index is 900. The number of para-hydroxylation sites is 1. The Hall–Kier alpha value is -2.89. The summed E-state index contributed by atoms with van der Waals surface area (Å²) in [6.07, 6.45) is 7.46. The van der Waals surface area contributed by atoms with Crippen molar-refractivity contribution in [1.29, 1.82) is 0 Å². The van der Waals surface area contributed by atoms with Gasteiger partial charge in [-0.15, -0.1) is 0 Å². The lowest BCUT2D eigenvalue weighted by Crippen LogP contribution is -2.45. The van der Waals surface area contributed by atoms with Crippen LogP contribution in [0.1, 0.15) is 62.4 Å². The standard InChI is InChI=1S/C27H37N3O3/c1-4-29-15-8-5-9-16-30(26(31)18-22-11-10-14-28-19-22)23(17-21(2)3)20-33-25-13-7-6-12-24(25)27(29)32/h6-7,10-14,19,21,23H,4-5,8-9,15-18,20H2,1-3H3/t23-/m0/s1. The van der Waals surface area contributed by atoms with Crippen molar-refractivity contribution in [3.63, 3.8) is 0 Å². The minimum atomic E-state index is -0.0552. The van der Waals surface area contributed by atoms with Crippen LogP contribution < -0.4 is 4.74 Å². The fourth-order valence-electron chi connectivity index (χ4n) is 4.41. The average Bonchev–Trinajstić information content (AvgIpc) is 2.82. The molecule has 0 unspecified atom stereocenters. The van der Waals surface area contributed by atoms with E-state index in [1.807, 2.05) is 53.1 Å². The lowest BCUT2D eigenvalue weighted by atomic mass is 10.0. The first kappa shape index (κ1) is 24.7. The summed E-state index contributed by atoms with van der Waals surface area (Å²) in [5.41, 5.74) is 1.51. The van der Waals surface area contributed by atoms with Crippen LogP contribution in [0.4, 0.5) is 0 Å². The molecular formula is C27H37N3O3. The summed E-state index contributed by atoms with van der Waals surface area (Å²) < 4.78 is 6.25. The van der Waals surface area contributed by atoms with E-state index in [0.717, 1.165) is 31.2 Å². The number of carbonyl (C=O) groups excluding carboxylic acids is 2. The minimum absolute atomic E-state index is 0.0114. The fraction of sp³-hybridized carbons (Fsp3) is 0.519. The molecule has 178 valence electrons. The van der Waals surface area contributed by atoms with Gasteiger partial charge in [0.1, 0.15) is 12.4 Å². The Morgan fingerprint density at radius 2 is 1.91 bits per heavy atom. The summed E-state index contributed by atoms with van der Waals surface area (Å²) in [6, 6.07) is 11.2. The van der Waals surface area contributed by atoms with Gasteiger partial charge in [0.15, 0.2) is 0 Å². The predicted molar refractivity (Wildman–Crippen MR) is 130 cm³/mol. The Balaban J connectivity index is 1.88. The number of fused-ring (bicyclic) bond motifs is 1. The zero-order valence-corrected chi connectivity index (χ0v) is 20.2. The minimum Gasteiger partial charge on any atom is -0.491 e. The second-order valence-corrected chi connectivity index (χ2v) is 9.16. The summed E-state index contributed by atoms with van der Waals surface area (Å²) in [5.74, 6) is 1.12. The lowest BCUT2D eigenvalue weighted by Gasteiger charge is -2.33. The van der Waals surface area contributed by atoms with Gasteiger partial charge in [0.05, 0.1) is 18.0 Å². The van der Waals surface area contributed by atoms with Gasteiger partial charge in [-0.2, -0.15) is 0 Å². The number of rotatable bonds is 5. The van der Waals surface area contributed by atoms with Crippen LogP contribution in [0, 0.1) is 5.92 Å². The first-order valence-electron chi connectivity index (χ1n) is 12.2. The van der Waals surface area contributed by atoms with Gasteiger partial charge in [-0.05, 0) is 62.3 Å². The number of carbonyl (C=O) groups is 2. The third kappa shape index (κ3) is 7.04. The SMILES string of the molecule is CCN1CCCCCN(C(=O)Cc2cccnc2)[C@@H](CC(C)C)COc2ccccc2C1=O. The van der Waals surface area contributed by atoms with Crippen molar-refractivity contribution in [2.75, 3.05) is 26.2 Å². The van der Waals surface area contributed by atoms with Crippen LogP contribution in [0.15, 0.2) is 48.8 Å². The number of hydrogen-bond donors (Lipinski definition) is 0. The fourth-order valence-corrected chi connectivity index (χ4v) is 4.41. The Morgan fingerprint density at radius 3 is 2.64 bits per heavy atom. The van der Waals surface area contributed by atoms with Gasteiger partial charge >= 0.3 is 0 Å². The number of hydrogen-bond acceptors (Lipinski definition) is 4. The maximum atomic E-state index is 13.4. The van der Waals surface area contributed by atoms with Gasteiger partial charge in [0.25, 0.3) is 5.91 Å². The highest BCUT2D eigenvalue weighted by Gasteiger charge is 2.27. The van der Waals surface area contributed by atoms with Crippen LogP contribution in [-0.4, -0.2) is 58.9 Å². The highest BCUT2D eigenvalue weighted by Crippen LogP contribution is 2.23. The monoisotopic (exact) mass is 451 g/mol. The predicted octanol–water partition coefficient (Wildman–Crippen LogP) is 4.59. The molecule has 33 heavy (non-hydrogen) atoms. The van der Waals surface area contributed by atoms with E-state index in [4.69, 9.17) is 4.74 Å². The normalized spacial score (nSPS) is 18.1. The molecule has 1 aliphatic rings. The Labute approximate surface area is 197 Å². The molecule has 2 amide bonds. The van der Waals surface area contributed by atoms with Crippen LogP contribution >= 0.6 is 0 Å². The summed E-state index contributed by atoms with van der Waals surface area (Å²) in [7, 11) is 0. The van der Waals surface area contributed by atoms with Crippen molar-refractivity contribution in [2.24, 2.45) is 5.92 Å². The first-order valence-corrected chi connectivity index (χ1v) is 12.2. The molecule has 0 aliphatic carbocycles. The quantitative estimate of drug-likeness (QED) is 0.667. The molecule has 1 aliphatic heterocycles. The molecule has 1 aromatic heterocycles. The van der Waals surface area contributed by atoms with E-state index >= 15 is 0 Å². The molecule has 0 saturated heterocycles. The van der Waals surface area contributed by atoms with Crippen molar-refractivity contribution < 1.29 is 14.3 Å². The number of aromatic nitrogens is 1. The molecule has 0 fully saturated rings. The number of benzene rings is 1. The zero-order valence-electron chi connectivity index (χ0n) is 20.2. The second-order valence-electron chi connectivity index (χ2n) is 9.16. The molecule has 0 N–H and O–H groups in total. The van der Waals surface area contributed by atoms with E-state index in [1.165, 1.54) is 0 Å². The maximum Gasteiger partial charge on any atom is 0.257 e. The zero-order chi connectivity index (χ0) is 23.6. The number of nitrogens with zero attached hydrogens (tertiary/aromatic N) is 3. The van der Waals surface area contributed by atoms with Gasteiger partial charge in [0.2, 0.25) is 5.91 Å². The average molecular weight is 452 g/mol. The second kappa shape index (κ2) is 12.4. The van der Waals surface area contributed by atoms with E-state index in [-0.39, 0.29) is 17.9 Å². The molecule has 1 aromatic carbocycles. The molecule has 1 atom stereocenters. The van der Waals surface area contributed by atoms with E-state index in [1.54, 1.807) is 12.4 Å². The summed E-state index contributed by atoms with van der Waals surface area (Å²) >= 11 is 0. The molecule has 0 saturated carbocycles. The highest BCUT2D eigenvalue weighted by atomic mass is 16.5. The maximum absolute atomic E-state index is 13.4. The summed E-state index contributed by atoms with van der Waals surface area (Å²) in [5, 5.41) is 0. The molecule has 0 bridgehead atoms. The summed E-state index contributed by atoms with van der Waals surface area (Å²) in [6.45, 7) is 8.79. The van der Waals surface area contributed by atoms with Gasteiger partial charge in [-0.1, -0.05) is 32.0 Å². The molecule has 3 rings (SSSR count). The number of ether oxygens (including phenoxy) is 1. The third-order valence-corrected chi connectivity index (χ3v) is 6.13. The highest BCUT2D eigenvalue weighted by molar-refractivity contribution is 5.96. The van der Waals surface area contributed by atoms with E-state index < -0.39 is 0 Å². The van der Waals surface area contributed by atoms with Crippen molar-refractivity contribution in [3.05, 3.63) is 59.9 Å². The van der Waals surface area contributed by atoms with Crippen molar-refractivity contribution >= 4 is 11.8 Å². The van der Waals surface area contributed by atoms with Crippen LogP contribution in [-0.2, 0) is 11.2 Å². The van der Waals surface area contributed by atoms with Gasteiger partial charge in [-0.3, -0.25) is 14.6 Å². The number of pyridine rings is 1. The molecule has 0 radical (unpaired) electrons. The van der Waals surface area contributed by atoms with Crippen molar-refractivity contribution in [2.45, 2.75) is 58.9 Å². The lowest BCUT2D eigenvalue weighted by molar-refractivity contribution is -0.134. The van der Waals surface area contributed by atoms with Crippen molar-refractivity contribution in [3.8, 4) is 5.75 Å². The molecular weight excluding hydrogens is 414 g/mol. The van der Waals surface area contributed by atoms with Crippen LogP contribution in [0.5, 0.6) is 5.75 Å². The third-order valence-electron chi connectivity index (χ3n) is 6.13. The molecule has 6 heteroatoms. The number of amides is 2. The first-order chi connectivity index (χ1) is 16.0. The van der Waals surface area contributed by atoms with E-state index in [0.29, 0.717) is 49.9 Å². The smallest absolute Gasteiger partial charge is 0.257 e. The van der Waals surface area contributed by atoms with Gasteiger partial charge in [0, 0.05) is 32.0 Å². The van der Waals surface area contributed by atoms with Gasteiger partial charge < -0.3 is 14.5 Å². The molecule has 2 aromatic rings. The topological polar surface area (TPSA) is 62.7 Å².